The van der Waals surface area contributed by atoms with Gasteiger partial charge in [-0.1, -0.05) is 30.3 Å². The van der Waals surface area contributed by atoms with Crippen LogP contribution in [0, 0.1) is 0 Å². The summed E-state index contributed by atoms with van der Waals surface area (Å²) in [5.74, 6) is -0.0251. The van der Waals surface area contributed by atoms with Crippen molar-refractivity contribution in [3.8, 4) is 5.75 Å². The molecule has 0 saturated carbocycles. The third-order valence-electron chi connectivity index (χ3n) is 4.69. The van der Waals surface area contributed by atoms with Crippen LogP contribution in [-0.2, 0) is 21.4 Å². The van der Waals surface area contributed by atoms with Crippen molar-refractivity contribution < 1.29 is 22.7 Å². The lowest BCUT2D eigenvalue weighted by molar-refractivity contribution is -0.120. The quantitative estimate of drug-likeness (QED) is 0.420. The van der Waals surface area contributed by atoms with E-state index in [-0.39, 0.29) is 12.4 Å². The van der Waals surface area contributed by atoms with Gasteiger partial charge < -0.3 is 15.0 Å². The molecule has 1 heterocycles. The molecule has 34 heavy (non-hydrogen) atoms. The Kier molecular flexibility index (Phi) is 7.98. The topological polar surface area (TPSA) is 143 Å². The molecule has 0 unspecified atom stereocenters. The van der Waals surface area contributed by atoms with Crippen LogP contribution in [0.3, 0.4) is 0 Å². The molecular formula is C22H24N6O5S. The second-order valence-corrected chi connectivity index (χ2v) is 8.51. The van der Waals surface area contributed by atoms with Gasteiger partial charge in [-0.25, -0.2) is 24.2 Å². The summed E-state index contributed by atoms with van der Waals surface area (Å²) >= 11 is 0. The second kappa shape index (κ2) is 11.1. The number of methoxy groups -OCH3 is 1. The number of likely N-dealkylation sites (N-methyl/N-ethyl adjacent to an activating group) is 1. The number of aromatic nitrogens is 2. The molecule has 2 aromatic carbocycles. The fourth-order valence-electron chi connectivity index (χ4n) is 3.02. The van der Waals surface area contributed by atoms with E-state index in [2.05, 4.69) is 15.3 Å². The molecule has 3 amide bonds. The monoisotopic (exact) mass is 484 g/mol. The first-order chi connectivity index (χ1) is 16.3. The first kappa shape index (κ1) is 24.5. The average molecular weight is 485 g/mol. The molecule has 0 aliphatic rings. The lowest BCUT2D eigenvalue weighted by Gasteiger charge is -2.25. The van der Waals surface area contributed by atoms with Gasteiger partial charge in [-0.05, 0) is 35.9 Å². The molecule has 0 bridgehead atoms. The minimum atomic E-state index is -4.33. The molecule has 178 valence electrons. The fourth-order valence-corrected chi connectivity index (χ4v) is 3.72. The van der Waals surface area contributed by atoms with Crippen molar-refractivity contribution in [2.24, 2.45) is 0 Å². The Morgan fingerprint density at radius 2 is 1.65 bits per heavy atom. The van der Waals surface area contributed by atoms with Crippen molar-refractivity contribution in [3.63, 3.8) is 0 Å². The number of carbonyl (C=O) groups excluding carboxylic acids is 2. The predicted octanol–water partition coefficient (Wildman–Crippen LogP) is 1.72. The zero-order chi connectivity index (χ0) is 24.6. The van der Waals surface area contributed by atoms with Crippen LogP contribution in [0.4, 0.5) is 16.4 Å². The number of amides is 3. The largest absolute Gasteiger partial charge is 0.497 e. The van der Waals surface area contributed by atoms with E-state index in [1.165, 1.54) is 30.5 Å². The summed E-state index contributed by atoms with van der Waals surface area (Å²) in [6, 6.07) is 15.2. The Labute approximate surface area is 197 Å². The van der Waals surface area contributed by atoms with E-state index in [1.54, 1.807) is 55.6 Å². The van der Waals surface area contributed by atoms with Gasteiger partial charge in [-0.2, -0.15) is 8.42 Å². The van der Waals surface area contributed by atoms with Crippen LogP contribution in [0.1, 0.15) is 5.56 Å². The Balaban J connectivity index is 1.75. The molecule has 0 fully saturated rings. The summed E-state index contributed by atoms with van der Waals surface area (Å²) in [6.07, 6.45) is 2.83. The van der Waals surface area contributed by atoms with Crippen LogP contribution in [-0.4, -0.2) is 50.5 Å². The molecule has 1 atom stereocenters. The molecule has 0 aliphatic carbocycles. The van der Waals surface area contributed by atoms with E-state index in [0.717, 1.165) is 5.56 Å². The molecule has 12 heteroatoms. The molecule has 1 aromatic heterocycles. The number of carbonyl (C=O) groups is 2. The molecule has 0 aliphatic heterocycles. The number of ether oxygens (including phenoxy) is 1. The maximum Gasteiger partial charge on any atom is 0.330 e. The van der Waals surface area contributed by atoms with Crippen molar-refractivity contribution in [1.82, 2.24) is 20.0 Å². The number of hydrogen-bond acceptors (Lipinski definition) is 7. The van der Waals surface area contributed by atoms with E-state index >= 15 is 0 Å². The number of hydrogen-bond donors (Lipinski definition) is 3. The highest BCUT2D eigenvalue weighted by atomic mass is 32.2. The van der Waals surface area contributed by atoms with Crippen molar-refractivity contribution in [2.45, 2.75) is 12.5 Å². The Bertz CT molecular complexity index is 1210. The van der Waals surface area contributed by atoms with E-state index < -0.39 is 28.2 Å². The van der Waals surface area contributed by atoms with E-state index in [9.17, 15) is 18.0 Å². The smallest absolute Gasteiger partial charge is 0.330 e. The number of benzene rings is 2. The molecule has 0 saturated heterocycles. The first-order valence-electron chi connectivity index (χ1n) is 10.1. The molecule has 3 aromatic rings. The predicted molar refractivity (Wildman–Crippen MR) is 127 cm³/mol. The van der Waals surface area contributed by atoms with Gasteiger partial charge in [0, 0.05) is 31.5 Å². The van der Waals surface area contributed by atoms with Gasteiger partial charge in [0.15, 0.2) is 0 Å². The normalized spacial score (nSPS) is 11.7. The van der Waals surface area contributed by atoms with Gasteiger partial charge in [-0.3, -0.25) is 4.79 Å². The standard InChI is InChI=1S/C22H24N6O5S/c1-28(17-9-11-18(33-2)12-10-17)20(29)19(15-16-7-4-3-5-8-16)25-22(30)27-34(31,32)26-21-23-13-6-14-24-21/h3-14,19H,15H2,1-2H3,(H,23,24,26)(H2,25,27,30)/t19-/m0/s1. The maximum absolute atomic E-state index is 13.3. The Morgan fingerprint density at radius 3 is 2.26 bits per heavy atom. The van der Waals surface area contributed by atoms with Crippen molar-refractivity contribution in [1.29, 1.82) is 0 Å². The second-order valence-electron chi connectivity index (χ2n) is 7.09. The number of rotatable bonds is 9. The van der Waals surface area contributed by atoms with Crippen LogP contribution in [0.2, 0.25) is 0 Å². The highest BCUT2D eigenvalue weighted by Crippen LogP contribution is 2.19. The van der Waals surface area contributed by atoms with E-state index in [1.807, 2.05) is 15.5 Å². The molecule has 0 spiro atoms. The molecule has 3 rings (SSSR count). The number of nitrogens with one attached hydrogen (secondary N) is 3. The van der Waals surface area contributed by atoms with Gasteiger partial charge >= 0.3 is 16.2 Å². The van der Waals surface area contributed by atoms with Crippen molar-refractivity contribution in [3.05, 3.63) is 78.6 Å². The molecule has 3 N–H and O–H groups in total. The van der Waals surface area contributed by atoms with Crippen LogP contribution in [0.25, 0.3) is 0 Å². The lowest BCUT2D eigenvalue weighted by atomic mass is 10.0. The Hall–Kier alpha value is -4.19. The van der Waals surface area contributed by atoms with Gasteiger partial charge in [0.05, 0.1) is 7.11 Å². The minimum absolute atomic E-state index is 0.142. The van der Waals surface area contributed by atoms with Crippen molar-refractivity contribution >= 4 is 33.8 Å². The van der Waals surface area contributed by atoms with Gasteiger partial charge in [0.2, 0.25) is 11.9 Å². The highest BCUT2D eigenvalue weighted by molar-refractivity contribution is 7.91. The van der Waals surface area contributed by atoms with Crippen molar-refractivity contribution in [2.75, 3.05) is 23.8 Å². The zero-order valence-corrected chi connectivity index (χ0v) is 19.3. The highest BCUT2D eigenvalue weighted by Gasteiger charge is 2.27. The summed E-state index contributed by atoms with van der Waals surface area (Å²) in [6.45, 7) is 0. The lowest BCUT2D eigenvalue weighted by Crippen LogP contribution is -2.53. The van der Waals surface area contributed by atoms with E-state index in [4.69, 9.17) is 4.74 Å². The van der Waals surface area contributed by atoms with Crippen LogP contribution in [0.5, 0.6) is 5.75 Å². The van der Waals surface area contributed by atoms with Gasteiger partial charge in [0.25, 0.3) is 0 Å². The van der Waals surface area contributed by atoms with Crippen LogP contribution in [0.15, 0.2) is 73.1 Å². The summed E-state index contributed by atoms with van der Waals surface area (Å²) < 4.78 is 33.5. The van der Waals surface area contributed by atoms with E-state index in [0.29, 0.717) is 11.4 Å². The zero-order valence-electron chi connectivity index (χ0n) is 18.5. The van der Waals surface area contributed by atoms with Crippen LogP contribution >= 0.6 is 0 Å². The third-order valence-corrected chi connectivity index (χ3v) is 5.60. The summed E-state index contributed by atoms with van der Waals surface area (Å²) in [7, 11) is -1.23. The summed E-state index contributed by atoms with van der Waals surface area (Å²) in [5.41, 5.74) is 1.35. The minimum Gasteiger partial charge on any atom is -0.497 e. The van der Waals surface area contributed by atoms with Gasteiger partial charge in [-0.15, -0.1) is 0 Å². The first-order valence-corrected chi connectivity index (χ1v) is 11.6. The summed E-state index contributed by atoms with van der Waals surface area (Å²) in [4.78, 5) is 34.6. The maximum atomic E-state index is 13.3. The number of urea groups is 1. The number of nitrogens with zero attached hydrogens (tertiary/aromatic N) is 3. The number of anilines is 2. The van der Waals surface area contributed by atoms with Gasteiger partial charge in [0.1, 0.15) is 11.8 Å². The molecular weight excluding hydrogens is 460 g/mol. The molecule has 0 radical (unpaired) electrons. The SMILES string of the molecule is COc1ccc(N(C)C(=O)[C@H](Cc2ccccc2)NC(=O)NS(=O)(=O)Nc2ncccn2)cc1. The third kappa shape index (κ3) is 6.90. The summed E-state index contributed by atoms with van der Waals surface area (Å²) in [5, 5.41) is 2.45. The van der Waals surface area contributed by atoms with Crippen LogP contribution < -0.4 is 24.4 Å². The Morgan fingerprint density at radius 1 is 1.00 bits per heavy atom. The fraction of sp³-hybridized carbons (Fsp3) is 0.182. The average Bonchev–Trinajstić information content (AvgIpc) is 2.83. The molecule has 11 nitrogen and oxygen atoms in total.